The molecule has 0 atom stereocenters. The molecule has 0 aliphatic carbocycles. The van der Waals surface area contributed by atoms with Crippen LogP contribution in [0.4, 0.5) is 0 Å². The van der Waals surface area contributed by atoms with Crippen molar-refractivity contribution in [2.75, 3.05) is 46.6 Å². The first kappa shape index (κ1) is 14.8. The van der Waals surface area contributed by atoms with Gasteiger partial charge in [-0.1, -0.05) is 6.92 Å². The summed E-state index contributed by atoms with van der Waals surface area (Å²) < 4.78 is 10.2. The van der Waals surface area contributed by atoms with Crippen molar-refractivity contribution in [3.8, 4) is 0 Å². The minimum Gasteiger partial charge on any atom is -0.389 e. The van der Waals surface area contributed by atoms with E-state index in [1.54, 1.807) is 7.11 Å². The Morgan fingerprint density at radius 1 is 1.20 bits per heavy atom. The van der Waals surface area contributed by atoms with Crippen molar-refractivity contribution in [1.82, 2.24) is 4.90 Å². The smallest absolute Gasteiger partial charge is 0.0718 e. The topological polar surface area (TPSA) is 41.9 Å². The predicted octanol–water partition coefficient (Wildman–Crippen LogP) is 0.742. The van der Waals surface area contributed by atoms with Gasteiger partial charge in [-0.25, -0.2) is 0 Å². The maximum absolute atomic E-state index is 9.66. The molecule has 0 spiro atoms. The highest BCUT2D eigenvalue weighted by Gasteiger charge is 2.16. The molecule has 0 aromatic rings. The number of nitrogens with zero attached hydrogens (tertiary/aromatic N) is 1. The summed E-state index contributed by atoms with van der Waals surface area (Å²) in [6.07, 6.45) is 0. The van der Waals surface area contributed by atoms with E-state index in [-0.39, 0.29) is 0 Å². The second-order valence-electron chi connectivity index (χ2n) is 4.29. The van der Waals surface area contributed by atoms with Gasteiger partial charge in [0.15, 0.2) is 0 Å². The van der Waals surface area contributed by atoms with Gasteiger partial charge >= 0.3 is 0 Å². The molecule has 0 aliphatic heterocycles. The van der Waals surface area contributed by atoms with Crippen LogP contribution in [0.3, 0.4) is 0 Å². The Bertz CT molecular complexity index is 145. The van der Waals surface area contributed by atoms with Crippen molar-refractivity contribution in [2.24, 2.45) is 0 Å². The van der Waals surface area contributed by atoms with Gasteiger partial charge in [0.25, 0.3) is 0 Å². The molecule has 4 heteroatoms. The predicted molar refractivity (Wildman–Crippen MR) is 61.1 cm³/mol. The van der Waals surface area contributed by atoms with Crippen LogP contribution in [0.2, 0.25) is 0 Å². The minimum atomic E-state index is -0.636. The van der Waals surface area contributed by atoms with Crippen LogP contribution >= 0.6 is 0 Å². The maximum atomic E-state index is 9.66. The number of hydrogen-bond donors (Lipinski definition) is 1. The summed E-state index contributed by atoms with van der Waals surface area (Å²) in [6.45, 7) is 10.1. The van der Waals surface area contributed by atoms with Crippen LogP contribution in [0.5, 0.6) is 0 Å². The summed E-state index contributed by atoms with van der Waals surface area (Å²) in [6, 6.07) is 0. The van der Waals surface area contributed by atoms with Crippen molar-refractivity contribution in [3.05, 3.63) is 0 Å². The summed E-state index contributed by atoms with van der Waals surface area (Å²) in [5.41, 5.74) is -0.636. The third-order valence-corrected chi connectivity index (χ3v) is 2.04. The number of rotatable bonds is 9. The number of hydrogen-bond acceptors (Lipinski definition) is 4. The first-order chi connectivity index (χ1) is 6.99. The molecule has 0 heterocycles. The highest BCUT2D eigenvalue weighted by Crippen LogP contribution is 2.04. The Morgan fingerprint density at radius 3 is 2.33 bits per heavy atom. The lowest BCUT2D eigenvalue weighted by Gasteiger charge is -2.27. The lowest BCUT2D eigenvalue weighted by atomic mass is 10.1. The van der Waals surface area contributed by atoms with E-state index in [9.17, 15) is 5.11 Å². The molecule has 0 aliphatic rings. The third kappa shape index (κ3) is 10.1. The summed E-state index contributed by atoms with van der Waals surface area (Å²) in [5, 5.41) is 9.66. The average molecular weight is 219 g/mol. The zero-order chi connectivity index (χ0) is 11.7. The van der Waals surface area contributed by atoms with Crippen molar-refractivity contribution in [2.45, 2.75) is 26.4 Å². The van der Waals surface area contributed by atoms with Crippen LogP contribution in [-0.2, 0) is 9.47 Å². The average Bonchev–Trinajstić information content (AvgIpc) is 2.14. The van der Waals surface area contributed by atoms with Crippen molar-refractivity contribution >= 4 is 0 Å². The Labute approximate surface area is 93.2 Å². The Balaban J connectivity index is 3.53. The molecule has 1 N–H and O–H groups in total. The van der Waals surface area contributed by atoms with Gasteiger partial charge in [0.05, 0.1) is 25.4 Å². The van der Waals surface area contributed by atoms with E-state index < -0.39 is 5.60 Å². The molecule has 0 rings (SSSR count). The molecule has 0 radical (unpaired) electrons. The van der Waals surface area contributed by atoms with Crippen LogP contribution < -0.4 is 0 Å². The fourth-order valence-corrected chi connectivity index (χ4v) is 1.33. The van der Waals surface area contributed by atoms with E-state index in [1.807, 2.05) is 13.8 Å². The van der Waals surface area contributed by atoms with Gasteiger partial charge in [-0.05, 0) is 20.4 Å². The van der Waals surface area contributed by atoms with E-state index in [1.165, 1.54) is 0 Å². The van der Waals surface area contributed by atoms with E-state index in [0.717, 1.165) is 13.1 Å². The highest BCUT2D eigenvalue weighted by atomic mass is 16.5. The van der Waals surface area contributed by atoms with Gasteiger partial charge in [0.1, 0.15) is 0 Å². The number of likely N-dealkylation sites (N-methyl/N-ethyl adjacent to an activating group) is 1. The zero-order valence-corrected chi connectivity index (χ0v) is 10.5. The Morgan fingerprint density at radius 2 is 1.87 bits per heavy atom. The van der Waals surface area contributed by atoms with Gasteiger partial charge in [-0.3, -0.25) is 4.90 Å². The molecule has 0 fully saturated rings. The van der Waals surface area contributed by atoms with E-state index in [4.69, 9.17) is 9.47 Å². The lowest BCUT2D eigenvalue weighted by molar-refractivity contribution is 0.0179. The van der Waals surface area contributed by atoms with Crippen LogP contribution in [0.1, 0.15) is 20.8 Å². The van der Waals surface area contributed by atoms with E-state index >= 15 is 0 Å². The monoisotopic (exact) mass is 219 g/mol. The molecule has 0 aromatic carbocycles. The summed E-state index contributed by atoms with van der Waals surface area (Å²) in [4.78, 5) is 2.17. The van der Waals surface area contributed by atoms with Crippen molar-refractivity contribution in [3.63, 3.8) is 0 Å². The van der Waals surface area contributed by atoms with Gasteiger partial charge in [0.2, 0.25) is 0 Å². The molecule has 0 amide bonds. The largest absolute Gasteiger partial charge is 0.389 e. The molecule has 0 saturated heterocycles. The second-order valence-corrected chi connectivity index (χ2v) is 4.29. The Hall–Kier alpha value is -0.160. The number of methoxy groups -OCH3 is 1. The van der Waals surface area contributed by atoms with Crippen molar-refractivity contribution in [1.29, 1.82) is 0 Å². The van der Waals surface area contributed by atoms with Gasteiger partial charge in [-0.2, -0.15) is 0 Å². The normalized spacial score (nSPS) is 12.4. The van der Waals surface area contributed by atoms with E-state index in [0.29, 0.717) is 26.4 Å². The third-order valence-electron chi connectivity index (χ3n) is 2.04. The molecular formula is C11H25NO3. The summed E-state index contributed by atoms with van der Waals surface area (Å²) >= 11 is 0. The highest BCUT2D eigenvalue weighted by molar-refractivity contribution is 4.71. The molecule has 0 unspecified atom stereocenters. The Kier molecular flexibility index (Phi) is 7.96. The fraction of sp³-hybridized carbons (Fsp3) is 1.00. The number of ether oxygens (including phenoxy) is 2. The standard InChI is InChI=1S/C11H25NO3/c1-5-12(10-11(2,3)13)6-7-15-9-8-14-4/h13H,5-10H2,1-4H3. The number of aliphatic hydroxyl groups is 1. The van der Waals surface area contributed by atoms with Crippen LogP contribution in [0.15, 0.2) is 0 Å². The molecule has 0 saturated carbocycles. The lowest BCUT2D eigenvalue weighted by Crippen LogP contribution is -2.40. The molecule has 92 valence electrons. The van der Waals surface area contributed by atoms with Crippen LogP contribution in [0, 0.1) is 0 Å². The SMILES string of the molecule is CCN(CCOCCOC)CC(C)(C)O. The molecular weight excluding hydrogens is 194 g/mol. The first-order valence-corrected chi connectivity index (χ1v) is 5.51. The van der Waals surface area contributed by atoms with Crippen LogP contribution in [0.25, 0.3) is 0 Å². The summed E-state index contributed by atoms with van der Waals surface area (Å²) in [7, 11) is 1.66. The summed E-state index contributed by atoms with van der Waals surface area (Å²) in [5.74, 6) is 0. The first-order valence-electron chi connectivity index (χ1n) is 5.51. The van der Waals surface area contributed by atoms with Gasteiger partial charge < -0.3 is 14.6 Å². The van der Waals surface area contributed by atoms with Gasteiger partial charge in [0, 0.05) is 20.2 Å². The molecule has 4 nitrogen and oxygen atoms in total. The fourth-order valence-electron chi connectivity index (χ4n) is 1.33. The molecule has 15 heavy (non-hydrogen) atoms. The second kappa shape index (κ2) is 8.05. The van der Waals surface area contributed by atoms with Crippen LogP contribution in [-0.4, -0.2) is 62.2 Å². The minimum absolute atomic E-state index is 0.635. The maximum Gasteiger partial charge on any atom is 0.0718 e. The van der Waals surface area contributed by atoms with Gasteiger partial charge in [-0.15, -0.1) is 0 Å². The van der Waals surface area contributed by atoms with E-state index in [2.05, 4.69) is 11.8 Å². The molecule has 0 aromatic heterocycles. The zero-order valence-electron chi connectivity index (χ0n) is 10.5. The van der Waals surface area contributed by atoms with Crippen molar-refractivity contribution < 1.29 is 14.6 Å². The quantitative estimate of drug-likeness (QED) is 0.581. The molecule has 0 bridgehead atoms.